The average molecular weight is 277 g/mol. The zero-order valence-electron chi connectivity index (χ0n) is 12.1. The Bertz CT molecular complexity index is 443. The molecule has 1 N–H and O–H groups in total. The second-order valence-corrected chi connectivity index (χ2v) is 5.39. The molecule has 1 saturated heterocycles. The van der Waals surface area contributed by atoms with Gasteiger partial charge >= 0.3 is 0 Å². The lowest BCUT2D eigenvalue weighted by molar-refractivity contribution is 0.0780. The summed E-state index contributed by atoms with van der Waals surface area (Å²) in [6.45, 7) is 5.32. The van der Waals surface area contributed by atoms with Crippen LogP contribution < -0.4 is 14.8 Å². The van der Waals surface area contributed by atoms with Crippen LogP contribution in [-0.2, 0) is 4.74 Å². The fourth-order valence-corrected chi connectivity index (χ4v) is 2.88. The van der Waals surface area contributed by atoms with Crippen molar-refractivity contribution in [3.63, 3.8) is 0 Å². The highest BCUT2D eigenvalue weighted by molar-refractivity contribution is 5.45. The molecule has 2 aliphatic rings. The maximum Gasteiger partial charge on any atom is 0.161 e. The van der Waals surface area contributed by atoms with Crippen LogP contribution in [0.1, 0.15) is 37.8 Å². The zero-order chi connectivity index (χ0) is 13.8. The van der Waals surface area contributed by atoms with Crippen LogP contribution in [0.3, 0.4) is 0 Å². The van der Waals surface area contributed by atoms with Gasteiger partial charge in [0.25, 0.3) is 0 Å². The van der Waals surface area contributed by atoms with E-state index in [-0.39, 0.29) is 12.1 Å². The number of ether oxygens (including phenoxy) is 3. The largest absolute Gasteiger partial charge is 0.486 e. The second kappa shape index (κ2) is 6.46. The summed E-state index contributed by atoms with van der Waals surface area (Å²) in [7, 11) is 0. The molecule has 2 aliphatic heterocycles. The first kappa shape index (κ1) is 13.7. The first-order chi connectivity index (χ1) is 9.88. The van der Waals surface area contributed by atoms with Crippen molar-refractivity contribution in [1.82, 2.24) is 5.32 Å². The second-order valence-electron chi connectivity index (χ2n) is 5.39. The maximum atomic E-state index is 5.88. The fraction of sp³-hybridized carbons (Fsp3) is 0.625. The molecule has 110 valence electrons. The molecule has 20 heavy (non-hydrogen) atoms. The summed E-state index contributed by atoms with van der Waals surface area (Å²) >= 11 is 0. The SMILES string of the molecule is CCCNC(c1ccc2c(c1)OCCO2)C1CCCO1. The van der Waals surface area contributed by atoms with Gasteiger partial charge in [-0.3, -0.25) is 0 Å². The summed E-state index contributed by atoms with van der Waals surface area (Å²) < 4.78 is 17.2. The minimum atomic E-state index is 0.244. The molecule has 4 nitrogen and oxygen atoms in total. The highest BCUT2D eigenvalue weighted by Gasteiger charge is 2.27. The quantitative estimate of drug-likeness (QED) is 0.898. The van der Waals surface area contributed by atoms with Gasteiger partial charge in [0.1, 0.15) is 13.2 Å². The zero-order valence-corrected chi connectivity index (χ0v) is 12.1. The molecular formula is C16H23NO3. The van der Waals surface area contributed by atoms with Crippen LogP contribution in [0.4, 0.5) is 0 Å². The van der Waals surface area contributed by atoms with Crippen LogP contribution in [0.15, 0.2) is 18.2 Å². The lowest BCUT2D eigenvalue weighted by Crippen LogP contribution is -2.32. The van der Waals surface area contributed by atoms with Crippen molar-refractivity contribution in [1.29, 1.82) is 0 Å². The van der Waals surface area contributed by atoms with Gasteiger partial charge in [-0.25, -0.2) is 0 Å². The van der Waals surface area contributed by atoms with E-state index >= 15 is 0 Å². The molecule has 0 spiro atoms. The topological polar surface area (TPSA) is 39.7 Å². The van der Waals surface area contributed by atoms with Crippen molar-refractivity contribution in [2.45, 2.75) is 38.3 Å². The van der Waals surface area contributed by atoms with E-state index in [1.807, 2.05) is 6.07 Å². The highest BCUT2D eigenvalue weighted by atomic mass is 16.6. The summed E-state index contributed by atoms with van der Waals surface area (Å²) in [5.74, 6) is 1.71. The average Bonchev–Trinajstić information content (AvgIpc) is 3.02. The van der Waals surface area contributed by atoms with Gasteiger partial charge in [0.05, 0.1) is 12.1 Å². The molecule has 0 bridgehead atoms. The standard InChI is InChI=1S/C16H23NO3/c1-2-7-17-16(14-4-3-8-18-14)12-5-6-13-15(11-12)20-10-9-19-13/h5-6,11,14,16-17H,2-4,7-10H2,1H3. The predicted molar refractivity (Wildman–Crippen MR) is 77.4 cm³/mol. The van der Waals surface area contributed by atoms with Crippen LogP contribution in [0, 0.1) is 0 Å². The number of rotatable bonds is 5. The minimum Gasteiger partial charge on any atom is -0.486 e. The molecule has 0 radical (unpaired) electrons. The van der Waals surface area contributed by atoms with E-state index in [0.29, 0.717) is 13.2 Å². The van der Waals surface area contributed by atoms with E-state index in [1.54, 1.807) is 0 Å². The minimum absolute atomic E-state index is 0.244. The number of hydrogen-bond donors (Lipinski definition) is 1. The van der Waals surface area contributed by atoms with Gasteiger partial charge in [-0.2, -0.15) is 0 Å². The highest BCUT2D eigenvalue weighted by Crippen LogP contribution is 2.35. The smallest absolute Gasteiger partial charge is 0.161 e. The Hall–Kier alpha value is -1.26. The molecule has 2 heterocycles. The van der Waals surface area contributed by atoms with Gasteiger partial charge in [0, 0.05) is 6.61 Å². The Morgan fingerprint density at radius 3 is 2.80 bits per heavy atom. The molecule has 0 aromatic heterocycles. The van der Waals surface area contributed by atoms with Crippen LogP contribution in [0.5, 0.6) is 11.5 Å². The van der Waals surface area contributed by atoms with Crippen LogP contribution >= 0.6 is 0 Å². The van der Waals surface area contributed by atoms with Gasteiger partial charge < -0.3 is 19.5 Å². The molecule has 1 aromatic carbocycles. The van der Waals surface area contributed by atoms with Crippen molar-refractivity contribution in [3.05, 3.63) is 23.8 Å². The molecule has 0 amide bonds. The van der Waals surface area contributed by atoms with E-state index in [2.05, 4.69) is 24.4 Å². The van der Waals surface area contributed by atoms with Crippen molar-refractivity contribution < 1.29 is 14.2 Å². The van der Waals surface area contributed by atoms with Crippen LogP contribution in [0.25, 0.3) is 0 Å². The van der Waals surface area contributed by atoms with E-state index in [0.717, 1.165) is 43.9 Å². The molecule has 0 aliphatic carbocycles. The third-order valence-corrected chi connectivity index (χ3v) is 3.88. The van der Waals surface area contributed by atoms with E-state index in [1.165, 1.54) is 5.56 Å². The van der Waals surface area contributed by atoms with Gasteiger partial charge in [-0.05, 0) is 43.5 Å². The molecule has 3 rings (SSSR count). The van der Waals surface area contributed by atoms with Crippen molar-refractivity contribution in [2.24, 2.45) is 0 Å². The maximum absolute atomic E-state index is 5.88. The first-order valence-electron chi connectivity index (χ1n) is 7.63. The number of nitrogens with one attached hydrogen (secondary N) is 1. The van der Waals surface area contributed by atoms with Crippen molar-refractivity contribution in [3.8, 4) is 11.5 Å². The number of hydrogen-bond acceptors (Lipinski definition) is 4. The molecule has 1 aromatic rings. The summed E-state index contributed by atoms with van der Waals surface area (Å²) in [4.78, 5) is 0. The third-order valence-electron chi connectivity index (χ3n) is 3.88. The van der Waals surface area contributed by atoms with E-state index in [4.69, 9.17) is 14.2 Å². The normalized spacial score (nSPS) is 22.8. The molecule has 2 unspecified atom stereocenters. The summed E-state index contributed by atoms with van der Waals surface area (Å²) in [5, 5.41) is 3.61. The Kier molecular flexibility index (Phi) is 4.43. The summed E-state index contributed by atoms with van der Waals surface area (Å²) in [6.07, 6.45) is 3.66. The van der Waals surface area contributed by atoms with Crippen molar-refractivity contribution >= 4 is 0 Å². The Balaban J connectivity index is 1.81. The molecule has 1 fully saturated rings. The lowest BCUT2D eigenvalue weighted by Gasteiger charge is -2.26. The number of fused-ring (bicyclic) bond motifs is 1. The fourth-order valence-electron chi connectivity index (χ4n) is 2.88. The van der Waals surface area contributed by atoms with Gasteiger partial charge in [-0.15, -0.1) is 0 Å². The summed E-state index contributed by atoms with van der Waals surface area (Å²) in [5.41, 5.74) is 1.23. The molecular weight excluding hydrogens is 254 g/mol. The molecule has 0 saturated carbocycles. The first-order valence-corrected chi connectivity index (χ1v) is 7.63. The number of benzene rings is 1. The van der Waals surface area contributed by atoms with Crippen LogP contribution in [0.2, 0.25) is 0 Å². The monoisotopic (exact) mass is 277 g/mol. The Morgan fingerprint density at radius 1 is 1.20 bits per heavy atom. The van der Waals surface area contributed by atoms with Crippen molar-refractivity contribution in [2.75, 3.05) is 26.4 Å². The Morgan fingerprint density at radius 2 is 2.05 bits per heavy atom. The van der Waals surface area contributed by atoms with Gasteiger partial charge in [0.15, 0.2) is 11.5 Å². The van der Waals surface area contributed by atoms with Crippen LogP contribution in [-0.4, -0.2) is 32.5 Å². The van der Waals surface area contributed by atoms with Gasteiger partial charge in [0.2, 0.25) is 0 Å². The lowest BCUT2D eigenvalue weighted by atomic mass is 9.98. The molecule has 4 heteroatoms. The Labute approximate surface area is 120 Å². The van der Waals surface area contributed by atoms with E-state index in [9.17, 15) is 0 Å². The predicted octanol–water partition coefficient (Wildman–Crippen LogP) is 2.68. The third kappa shape index (κ3) is 2.91. The van der Waals surface area contributed by atoms with E-state index < -0.39 is 0 Å². The molecule has 2 atom stereocenters. The van der Waals surface area contributed by atoms with Gasteiger partial charge in [-0.1, -0.05) is 13.0 Å². The summed E-state index contributed by atoms with van der Waals surface area (Å²) in [6, 6.07) is 6.49.